The number of amides is 2. The van der Waals surface area contributed by atoms with Crippen molar-refractivity contribution in [3.63, 3.8) is 0 Å². The zero-order valence-electron chi connectivity index (χ0n) is 19.8. The number of hydrogen-bond acceptors (Lipinski definition) is 5. The summed E-state index contributed by atoms with van der Waals surface area (Å²) in [5.41, 5.74) is 0. The standard InChI is InChI=1S/C23H35F3N2O5S/c1-14-13-27(21(29)20-4-3-11-33-20)19-12-16(15-5-8-17(9-6-15)34(2,31)32)7-10-18(19)28(14)22(30)23(24,25)26/h14-20H,3-13H2,1-2H3. The van der Waals surface area contributed by atoms with Crippen LogP contribution in [0.5, 0.6) is 0 Å². The molecule has 4 rings (SSSR count). The Morgan fingerprint density at radius 3 is 2.15 bits per heavy atom. The lowest BCUT2D eigenvalue weighted by Crippen LogP contribution is -2.69. The van der Waals surface area contributed by atoms with Crippen molar-refractivity contribution < 1.29 is 35.9 Å². The molecule has 0 aromatic heterocycles. The molecule has 0 bridgehead atoms. The van der Waals surface area contributed by atoms with E-state index < -0.39 is 46.2 Å². The monoisotopic (exact) mass is 508 g/mol. The maximum atomic E-state index is 13.4. The molecule has 0 aromatic rings. The van der Waals surface area contributed by atoms with Gasteiger partial charge in [0.25, 0.3) is 5.91 Å². The number of hydrogen-bond donors (Lipinski definition) is 0. The fourth-order valence-corrected chi connectivity index (χ4v) is 7.91. The molecule has 5 atom stereocenters. The van der Waals surface area contributed by atoms with E-state index in [0.29, 0.717) is 45.1 Å². The van der Waals surface area contributed by atoms with Crippen LogP contribution in [0.2, 0.25) is 0 Å². The van der Waals surface area contributed by atoms with E-state index in [1.165, 1.54) is 6.26 Å². The Bertz CT molecular complexity index is 882. The Morgan fingerprint density at radius 1 is 0.941 bits per heavy atom. The van der Waals surface area contributed by atoms with Gasteiger partial charge in [-0.3, -0.25) is 9.59 Å². The van der Waals surface area contributed by atoms with Crippen molar-refractivity contribution in [2.45, 2.75) is 100 Å². The summed E-state index contributed by atoms with van der Waals surface area (Å²) in [6.07, 6.45) is 1.47. The van der Waals surface area contributed by atoms with Gasteiger partial charge in [0.05, 0.1) is 17.3 Å². The second-order valence-corrected chi connectivity index (χ2v) is 13.0. The maximum absolute atomic E-state index is 13.4. The van der Waals surface area contributed by atoms with E-state index in [-0.39, 0.29) is 29.5 Å². The summed E-state index contributed by atoms with van der Waals surface area (Å²) >= 11 is 0. The molecular weight excluding hydrogens is 473 g/mol. The molecule has 7 nitrogen and oxygen atoms in total. The quantitative estimate of drug-likeness (QED) is 0.586. The molecule has 4 fully saturated rings. The minimum atomic E-state index is -4.96. The van der Waals surface area contributed by atoms with Crippen molar-refractivity contribution in [3.05, 3.63) is 0 Å². The number of sulfone groups is 1. The molecule has 0 N–H and O–H groups in total. The molecule has 0 spiro atoms. The van der Waals surface area contributed by atoms with Gasteiger partial charge in [0.2, 0.25) is 0 Å². The zero-order valence-corrected chi connectivity index (χ0v) is 20.6. The van der Waals surface area contributed by atoms with Crippen LogP contribution in [0.25, 0.3) is 0 Å². The third kappa shape index (κ3) is 5.10. The predicted octanol–water partition coefficient (Wildman–Crippen LogP) is 2.93. The number of rotatable bonds is 3. The molecule has 2 aliphatic carbocycles. The molecule has 11 heteroatoms. The Balaban J connectivity index is 1.54. The Morgan fingerprint density at radius 2 is 1.59 bits per heavy atom. The lowest BCUT2D eigenvalue weighted by atomic mass is 9.69. The van der Waals surface area contributed by atoms with Crippen LogP contribution in [-0.4, -0.2) is 85.1 Å². The van der Waals surface area contributed by atoms with Crippen LogP contribution < -0.4 is 0 Å². The largest absolute Gasteiger partial charge is 0.471 e. The second kappa shape index (κ2) is 9.59. The number of halogens is 3. The van der Waals surface area contributed by atoms with Crippen LogP contribution >= 0.6 is 0 Å². The highest BCUT2D eigenvalue weighted by molar-refractivity contribution is 7.91. The second-order valence-electron chi connectivity index (χ2n) is 10.6. The maximum Gasteiger partial charge on any atom is 0.471 e. The number of nitrogens with zero attached hydrogens (tertiary/aromatic N) is 2. The van der Waals surface area contributed by atoms with Crippen LogP contribution in [0, 0.1) is 11.8 Å². The highest BCUT2D eigenvalue weighted by Crippen LogP contribution is 2.44. The van der Waals surface area contributed by atoms with Gasteiger partial charge in [-0.25, -0.2) is 8.42 Å². The first-order valence-electron chi connectivity index (χ1n) is 12.4. The first-order valence-corrected chi connectivity index (χ1v) is 14.3. The van der Waals surface area contributed by atoms with Gasteiger partial charge in [-0.15, -0.1) is 0 Å². The van der Waals surface area contributed by atoms with Crippen molar-refractivity contribution in [1.82, 2.24) is 9.80 Å². The average molecular weight is 509 g/mol. The summed E-state index contributed by atoms with van der Waals surface area (Å²) in [5.74, 6) is -1.53. The lowest BCUT2D eigenvalue weighted by Gasteiger charge is -2.55. The first kappa shape index (κ1) is 25.7. The van der Waals surface area contributed by atoms with Crippen LogP contribution in [-0.2, 0) is 24.2 Å². The van der Waals surface area contributed by atoms with E-state index in [1.807, 2.05) is 0 Å². The van der Waals surface area contributed by atoms with Crippen molar-refractivity contribution >= 4 is 21.7 Å². The van der Waals surface area contributed by atoms with Crippen molar-refractivity contribution in [2.24, 2.45) is 11.8 Å². The van der Waals surface area contributed by atoms with Gasteiger partial charge in [-0.05, 0) is 76.5 Å². The van der Waals surface area contributed by atoms with E-state index >= 15 is 0 Å². The van der Waals surface area contributed by atoms with E-state index in [0.717, 1.165) is 24.2 Å². The van der Waals surface area contributed by atoms with E-state index in [4.69, 9.17) is 4.74 Å². The average Bonchev–Trinajstić information content (AvgIpc) is 3.31. The fourth-order valence-electron chi connectivity index (χ4n) is 6.78. The molecule has 5 unspecified atom stereocenters. The van der Waals surface area contributed by atoms with Crippen LogP contribution in [0.1, 0.15) is 64.7 Å². The third-order valence-corrected chi connectivity index (χ3v) is 10.2. The number of ether oxygens (including phenoxy) is 1. The number of piperazine rings is 1. The molecule has 2 aliphatic heterocycles. The van der Waals surface area contributed by atoms with Gasteiger partial charge in [0.1, 0.15) is 15.9 Å². The lowest BCUT2D eigenvalue weighted by molar-refractivity contribution is -0.199. The molecule has 34 heavy (non-hydrogen) atoms. The van der Waals surface area contributed by atoms with Crippen molar-refractivity contribution in [3.8, 4) is 0 Å². The fraction of sp³-hybridized carbons (Fsp3) is 0.913. The van der Waals surface area contributed by atoms with Crippen LogP contribution in [0.4, 0.5) is 13.2 Å². The molecular formula is C23H35F3N2O5S. The number of carbonyl (C=O) groups excluding carboxylic acids is 2. The number of alkyl halides is 3. The molecule has 0 aromatic carbocycles. The summed E-state index contributed by atoms with van der Waals surface area (Å²) in [6, 6.07) is -1.89. The van der Waals surface area contributed by atoms with E-state index in [1.54, 1.807) is 11.8 Å². The van der Waals surface area contributed by atoms with Crippen LogP contribution in [0.15, 0.2) is 0 Å². The summed E-state index contributed by atoms with van der Waals surface area (Å²) in [4.78, 5) is 28.3. The highest BCUT2D eigenvalue weighted by Gasteiger charge is 2.54. The van der Waals surface area contributed by atoms with E-state index in [2.05, 4.69) is 0 Å². The van der Waals surface area contributed by atoms with Gasteiger partial charge in [-0.2, -0.15) is 13.2 Å². The van der Waals surface area contributed by atoms with E-state index in [9.17, 15) is 31.2 Å². The normalized spacial score (nSPS) is 37.4. The van der Waals surface area contributed by atoms with Gasteiger partial charge >= 0.3 is 12.1 Å². The molecule has 2 saturated carbocycles. The van der Waals surface area contributed by atoms with Crippen LogP contribution in [0.3, 0.4) is 0 Å². The Hall–Kier alpha value is -1.36. The smallest absolute Gasteiger partial charge is 0.368 e. The van der Waals surface area contributed by atoms with Gasteiger partial charge in [0, 0.05) is 25.4 Å². The van der Waals surface area contributed by atoms with Crippen molar-refractivity contribution in [2.75, 3.05) is 19.4 Å². The molecule has 2 saturated heterocycles. The summed E-state index contributed by atoms with van der Waals surface area (Å²) in [5, 5.41) is -0.326. The summed E-state index contributed by atoms with van der Waals surface area (Å²) in [7, 11) is -3.08. The Kier molecular flexibility index (Phi) is 7.26. The van der Waals surface area contributed by atoms with Gasteiger partial charge in [-0.1, -0.05) is 0 Å². The SMILES string of the molecule is CC1CN(C(=O)C2CCCO2)C2CC(C3CCC(S(C)(=O)=O)CC3)CCC2N1C(=O)C(F)(F)F. The zero-order chi connectivity index (χ0) is 24.8. The topological polar surface area (TPSA) is 84.0 Å². The minimum Gasteiger partial charge on any atom is -0.368 e. The number of carbonyl (C=O) groups is 2. The Labute approximate surface area is 199 Å². The molecule has 2 heterocycles. The summed E-state index contributed by atoms with van der Waals surface area (Å²) < 4.78 is 69.7. The molecule has 0 radical (unpaired) electrons. The molecule has 194 valence electrons. The number of fused-ring (bicyclic) bond motifs is 1. The van der Waals surface area contributed by atoms with Crippen molar-refractivity contribution in [1.29, 1.82) is 0 Å². The predicted molar refractivity (Wildman–Crippen MR) is 119 cm³/mol. The molecule has 4 aliphatic rings. The third-order valence-electron chi connectivity index (χ3n) is 8.47. The van der Waals surface area contributed by atoms with Gasteiger partial charge < -0.3 is 14.5 Å². The summed E-state index contributed by atoms with van der Waals surface area (Å²) in [6.45, 7) is 2.14. The first-order chi connectivity index (χ1) is 15.9. The molecule has 2 amide bonds. The highest BCUT2D eigenvalue weighted by atomic mass is 32.2. The minimum absolute atomic E-state index is 0.0647. The van der Waals surface area contributed by atoms with Gasteiger partial charge in [0.15, 0.2) is 0 Å².